The molecule has 0 bridgehead atoms. The van der Waals surface area contributed by atoms with Crippen LogP contribution in [0.25, 0.3) is 11.0 Å². The number of anilines is 1. The van der Waals surface area contributed by atoms with Crippen LogP contribution in [-0.4, -0.2) is 89.7 Å². The Kier molecular flexibility index (Phi) is 12.4. The molecule has 1 aromatic heterocycles. The maximum absolute atomic E-state index is 13.9. The van der Waals surface area contributed by atoms with Crippen LogP contribution in [0.5, 0.6) is 0 Å². The number of hydrogen-bond donors (Lipinski definition) is 2. The Labute approximate surface area is 285 Å². The molecule has 3 heterocycles. The highest BCUT2D eigenvalue weighted by Crippen LogP contribution is 2.31. The number of carbonyl (C=O) groups is 2. The monoisotopic (exact) mass is 661 g/mol. The fourth-order valence-electron chi connectivity index (χ4n) is 7.20. The molecule has 0 saturated carbocycles. The average Bonchev–Trinajstić information content (AvgIpc) is 3.43. The van der Waals surface area contributed by atoms with E-state index < -0.39 is 17.7 Å². The lowest BCUT2D eigenvalue weighted by molar-refractivity contribution is -0.133. The topological polar surface area (TPSA) is 109 Å². The summed E-state index contributed by atoms with van der Waals surface area (Å²) in [5.74, 6) is 1.80. The van der Waals surface area contributed by atoms with Crippen LogP contribution in [0.3, 0.4) is 0 Å². The van der Waals surface area contributed by atoms with Crippen molar-refractivity contribution >= 4 is 28.7 Å². The quantitative estimate of drug-likeness (QED) is 0.220. The number of aryl methyl sites for hydroxylation is 1. The van der Waals surface area contributed by atoms with Gasteiger partial charge in [-0.2, -0.15) is 0 Å². The van der Waals surface area contributed by atoms with Crippen molar-refractivity contribution in [3.8, 4) is 0 Å². The molecule has 2 fully saturated rings. The molecule has 2 N–H and O–H groups in total. The zero-order valence-electron chi connectivity index (χ0n) is 29.3. The van der Waals surface area contributed by atoms with Crippen LogP contribution in [0.2, 0.25) is 0 Å². The number of aliphatic hydroxyl groups is 1. The SMILES string of the molecule is COCCCn1c([C@@H]2CCCN(C(=O)C[C@@H](Cc3ccc(N4CCC(CCO)CC4)cc3)NC(=O)OC(C)(C)C)C2)nc2ccccc21. The van der Waals surface area contributed by atoms with Gasteiger partial charge in [0.25, 0.3) is 0 Å². The molecule has 0 aliphatic carbocycles. The maximum Gasteiger partial charge on any atom is 0.407 e. The van der Waals surface area contributed by atoms with Crippen LogP contribution in [-0.2, 0) is 27.2 Å². The van der Waals surface area contributed by atoms with Gasteiger partial charge in [-0.1, -0.05) is 24.3 Å². The molecule has 10 heteroatoms. The third kappa shape index (κ3) is 9.72. The summed E-state index contributed by atoms with van der Waals surface area (Å²) in [7, 11) is 1.73. The minimum absolute atomic E-state index is 0.0326. The molecule has 0 unspecified atom stereocenters. The first kappa shape index (κ1) is 35.7. The lowest BCUT2D eigenvalue weighted by atomic mass is 9.93. The van der Waals surface area contributed by atoms with Gasteiger partial charge in [-0.25, -0.2) is 9.78 Å². The number of imidazole rings is 1. The van der Waals surface area contributed by atoms with Gasteiger partial charge in [0.1, 0.15) is 11.4 Å². The first-order valence-corrected chi connectivity index (χ1v) is 17.8. The number of aliphatic hydroxyl groups excluding tert-OH is 1. The van der Waals surface area contributed by atoms with Crippen molar-refractivity contribution in [3.63, 3.8) is 0 Å². The van der Waals surface area contributed by atoms with Crippen molar-refractivity contribution in [1.29, 1.82) is 0 Å². The molecule has 262 valence electrons. The molecule has 5 rings (SSSR count). The molecular formula is C38H55N5O5. The van der Waals surface area contributed by atoms with Crippen molar-refractivity contribution in [1.82, 2.24) is 19.8 Å². The molecule has 2 aliphatic heterocycles. The molecule has 0 radical (unpaired) electrons. The Morgan fingerprint density at radius 3 is 2.50 bits per heavy atom. The Bertz CT molecular complexity index is 1470. The summed E-state index contributed by atoms with van der Waals surface area (Å²) in [6, 6.07) is 16.3. The van der Waals surface area contributed by atoms with Gasteiger partial charge in [-0.3, -0.25) is 4.79 Å². The number of ether oxygens (including phenoxy) is 2. The van der Waals surface area contributed by atoms with Crippen LogP contribution in [0, 0.1) is 5.92 Å². The van der Waals surface area contributed by atoms with E-state index in [4.69, 9.17) is 14.5 Å². The molecule has 3 aromatic rings. The van der Waals surface area contributed by atoms with E-state index in [2.05, 4.69) is 51.2 Å². The van der Waals surface area contributed by atoms with Crippen LogP contribution in [0.4, 0.5) is 10.5 Å². The number of methoxy groups -OCH3 is 1. The number of benzene rings is 2. The molecule has 0 spiro atoms. The number of aromatic nitrogens is 2. The zero-order chi connectivity index (χ0) is 34.1. The number of piperidine rings is 2. The summed E-state index contributed by atoms with van der Waals surface area (Å²) in [4.78, 5) is 36.2. The lowest BCUT2D eigenvalue weighted by Crippen LogP contribution is -2.46. The summed E-state index contributed by atoms with van der Waals surface area (Å²) in [5.41, 5.74) is 3.70. The smallest absolute Gasteiger partial charge is 0.407 e. The highest BCUT2D eigenvalue weighted by Gasteiger charge is 2.31. The van der Waals surface area contributed by atoms with Gasteiger partial charge in [0.05, 0.1) is 11.0 Å². The molecule has 2 aromatic carbocycles. The molecule has 48 heavy (non-hydrogen) atoms. The van der Waals surface area contributed by atoms with Crippen LogP contribution < -0.4 is 10.2 Å². The lowest BCUT2D eigenvalue weighted by Gasteiger charge is -2.34. The van der Waals surface area contributed by atoms with Crippen LogP contribution in [0.1, 0.15) is 83.0 Å². The van der Waals surface area contributed by atoms with Crippen LogP contribution >= 0.6 is 0 Å². The van der Waals surface area contributed by atoms with Gasteiger partial charge in [0.2, 0.25) is 5.91 Å². The van der Waals surface area contributed by atoms with Gasteiger partial charge in [-0.05, 0) is 101 Å². The van der Waals surface area contributed by atoms with E-state index in [0.717, 1.165) is 80.6 Å². The third-order valence-electron chi connectivity index (χ3n) is 9.63. The number of nitrogens with one attached hydrogen (secondary N) is 1. The molecule has 2 amide bonds. The maximum atomic E-state index is 13.9. The number of likely N-dealkylation sites (tertiary alicyclic amines) is 1. The highest BCUT2D eigenvalue weighted by atomic mass is 16.6. The number of para-hydroxylation sites is 2. The van der Waals surface area contributed by atoms with Crippen molar-refractivity contribution in [3.05, 3.63) is 59.9 Å². The number of hydrogen-bond acceptors (Lipinski definition) is 7. The predicted molar refractivity (Wildman–Crippen MR) is 189 cm³/mol. The zero-order valence-corrected chi connectivity index (χ0v) is 29.3. The number of carbonyl (C=O) groups excluding carboxylic acids is 2. The number of fused-ring (bicyclic) bond motifs is 1. The van der Waals surface area contributed by atoms with E-state index in [1.165, 1.54) is 5.69 Å². The van der Waals surface area contributed by atoms with Crippen molar-refractivity contribution in [2.45, 2.75) is 96.2 Å². The fourth-order valence-corrected chi connectivity index (χ4v) is 7.20. The minimum atomic E-state index is -0.639. The fraction of sp³-hybridized carbons (Fsp3) is 0.605. The van der Waals surface area contributed by atoms with Gasteiger partial charge >= 0.3 is 6.09 Å². The first-order valence-electron chi connectivity index (χ1n) is 17.8. The molecular weight excluding hydrogens is 606 g/mol. The molecule has 2 aliphatic rings. The number of amides is 2. The summed E-state index contributed by atoms with van der Waals surface area (Å²) in [6.07, 6.45) is 6.04. The Morgan fingerprint density at radius 1 is 1.04 bits per heavy atom. The second-order valence-corrected chi connectivity index (χ2v) is 14.5. The van der Waals surface area contributed by atoms with Crippen LogP contribution in [0.15, 0.2) is 48.5 Å². The second-order valence-electron chi connectivity index (χ2n) is 14.5. The number of alkyl carbamates (subject to hydrolysis) is 1. The Morgan fingerprint density at radius 2 is 1.79 bits per heavy atom. The highest BCUT2D eigenvalue weighted by molar-refractivity contribution is 5.79. The molecule has 2 saturated heterocycles. The van der Waals surface area contributed by atoms with E-state index in [9.17, 15) is 14.7 Å². The van der Waals surface area contributed by atoms with Gasteiger partial charge in [0, 0.05) is 77.1 Å². The standard InChI is InChI=1S/C38H55N5O5/c1-38(2,3)48-37(46)39-31(25-29-12-14-32(15-13-29)41-21-16-28(17-22-41)18-23-44)26-35(45)42-19-7-9-30(27-42)36-40-33-10-5-6-11-34(33)43(36)20-8-24-47-4/h5-6,10-15,28,30-31,44H,7-9,16-27H2,1-4H3,(H,39,46)/t30-,31-/m1/s1. The Hall–Kier alpha value is -3.63. The van der Waals surface area contributed by atoms with E-state index in [0.29, 0.717) is 32.0 Å². The van der Waals surface area contributed by atoms with E-state index in [-0.39, 0.29) is 24.9 Å². The largest absolute Gasteiger partial charge is 0.444 e. The Balaban J connectivity index is 1.26. The summed E-state index contributed by atoms with van der Waals surface area (Å²) in [5, 5.41) is 12.3. The first-order chi connectivity index (χ1) is 23.1. The normalized spacial score (nSPS) is 18.2. The van der Waals surface area contributed by atoms with Crippen molar-refractivity contribution < 1.29 is 24.2 Å². The van der Waals surface area contributed by atoms with E-state index >= 15 is 0 Å². The second kappa shape index (κ2) is 16.7. The number of rotatable bonds is 13. The summed E-state index contributed by atoms with van der Waals surface area (Å²) >= 11 is 0. The average molecular weight is 662 g/mol. The third-order valence-corrected chi connectivity index (χ3v) is 9.63. The predicted octanol–water partition coefficient (Wildman–Crippen LogP) is 5.90. The molecule has 2 atom stereocenters. The molecule has 10 nitrogen and oxygen atoms in total. The minimum Gasteiger partial charge on any atom is -0.444 e. The van der Waals surface area contributed by atoms with Gasteiger partial charge in [-0.15, -0.1) is 0 Å². The van der Waals surface area contributed by atoms with Gasteiger partial charge in [0.15, 0.2) is 0 Å². The van der Waals surface area contributed by atoms with E-state index in [1.54, 1.807) is 7.11 Å². The van der Waals surface area contributed by atoms with Gasteiger partial charge < -0.3 is 34.3 Å². The number of nitrogens with zero attached hydrogens (tertiary/aromatic N) is 4. The summed E-state index contributed by atoms with van der Waals surface area (Å²) in [6.45, 7) is 10.6. The van der Waals surface area contributed by atoms with E-state index in [1.807, 2.05) is 37.8 Å². The van der Waals surface area contributed by atoms with Crippen molar-refractivity contribution in [2.24, 2.45) is 5.92 Å². The summed E-state index contributed by atoms with van der Waals surface area (Å²) < 4.78 is 13.2. The van der Waals surface area contributed by atoms with Crippen molar-refractivity contribution in [2.75, 3.05) is 51.4 Å².